The van der Waals surface area contributed by atoms with Gasteiger partial charge in [0, 0.05) is 16.3 Å². The maximum absolute atomic E-state index is 5.68. The molecule has 0 unspecified atom stereocenters. The zero-order chi connectivity index (χ0) is 13.3. The lowest BCUT2D eigenvalue weighted by Crippen LogP contribution is -2.01. The maximum Gasteiger partial charge on any atom is 0.0345 e. The fourth-order valence-electron chi connectivity index (χ4n) is 1.29. The maximum atomic E-state index is 5.68. The van der Waals surface area contributed by atoms with Crippen LogP contribution < -0.4 is 5.73 Å². The first kappa shape index (κ1) is 15.9. The summed E-state index contributed by atoms with van der Waals surface area (Å²) in [5.41, 5.74) is 8.10. The third-order valence-electron chi connectivity index (χ3n) is 2.17. The Morgan fingerprint density at radius 3 is 2.47 bits per heavy atom. The van der Waals surface area contributed by atoms with Gasteiger partial charge in [-0.1, -0.05) is 44.2 Å². The van der Waals surface area contributed by atoms with Crippen LogP contribution in [0.15, 0.2) is 42.5 Å². The molecule has 0 aliphatic rings. The van der Waals surface area contributed by atoms with Crippen molar-refractivity contribution in [2.75, 3.05) is 6.54 Å². The van der Waals surface area contributed by atoms with Gasteiger partial charge in [0.1, 0.15) is 0 Å². The standard InChI is InChI=1S/C13H17NS.C2H6/c1-4-5-6-12(10(2)9-14)13-8-7-11(3)15-13;1-2/h4-8H,1,9,14H2,2-3H3;1-2H3/b6-5-,12-10-;. The highest BCUT2D eigenvalue weighted by molar-refractivity contribution is 7.13. The van der Waals surface area contributed by atoms with Crippen molar-refractivity contribution in [1.82, 2.24) is 0 Å². The Kier molecular flexibility index (Phi) is 8.38. The van der Waals surface area contributed by atoms with E-state index in [1.807, 2.05) is 19.9 Å². The summed E-state index contributed by atoms with van der Waals surface area (Å²) in [4.78, 5) is 2.59. The Balaban J connectivity index is 0.00000121. The number of aryl methyl sites for hydroxylation is 1. The summed E-state index contributed by atoms with van der Waals surface area (Å²) in [7, 11) is 0. The molecule has 2 N–H and O–H groups in total. The summed E-state index contributed by atoms with van der Waals surface area (Å²) in [6.07, 6.45) is 5.80. The number of nitrogens with two attached hydrogens (primary N) is 1. The van der Waals surface area contributed by atoms with Crippen molar-refractivity contribution in [1.29, 1.82) is 0 Å². The number of rotatable bonds is 4. The molecular formula is C15H23NS. The molecule has 1 aromatic rings. The summed E-state index contributed by atoms with van der Waals surface area (Å²) >= 11 is 1.79. The van der Waals surface area contributed by atoms with Gasteiger partial charge in [0.05, 0.1) is 0 Å². The van der Waals surface area contributed by atoms with Crippen molar-refractivity contribution in [2.24, 2.45) is 5.73 Å². The molecule has 0 aliphatic carbocycles. The highest BCUT2D eigenvalue weighted by atomic mass is 32.1. The summed E-state index contributed by atoms with van der Waals surface area (Å²) in [6, 6.07) is 4.27. The van der Waals surface area contributed by atoms with E-state index in [1.165, 1.54) is 20.9 Å². The molecule has 17 heavy (non-hydrogen) atoms. The Bertz CT molecular complexity index is 397. The van der Waals surface area contributed by atoms with Gasteiger partial charge < -0.3 is 5.73 Å². The molecule has 0 saturated heterocycles. The molecule has 94 valence electrons. The van der Waals surface area contributed by atoms with Crippen molar-refractivity contribution in [3.63, 3.8) is 0 Å². The fourth-order valence-corrected chi connectivity index (χ4v) is 2.26. The van der Waals surface area contributed by atoms with Crippen molar-refractivity contribution >= 4 is 16.9 Å². The van der Waals surface area contributed by atoms with E-state index in [9.17, 15) is 0 Å². The topological polar surface area (TPSA) is 26.0 Å². The fraction of sp³-hybridized carbons (Fsp3) is 0.333. The Morgan fingerprint density at radius 1 is 1.41 bits per heavy atom. The van der Waals surface area contributed by atoms with Crippen LogP contribution in [0.2, 0.25) is 0 Å². The smallest absolute Gasteiger partial charge is 0.0345 e. The Labute approximate surface area is 109 Å². The molecule has 0 fully saturated rings. The van der Waals surface area contributed by atoms with Crippen LogP contribution in [-0.2, 0) is 0 Å². The van der Waals surface area contributed by atoms with E-state index >= 15 is 0 Å². The minimum Gasteiger partial charge on any atom is -0.327 e. The lowest BCUT2D eigenvalue weighted by atomic mass is 10.1. The van der Waals surface area contributed by atoms with Crippen molar-refractivity contribution in [2.45, 2.75) is 27.7 Å². The normalized spacial score (nSPS) is 11.8. The van der Waals surface area contributed by atoms with E-state index in [4.69, 9.17) is 5.73 Å². The molecule has 0 aliphatic heterocycles. The summed E-state index contributed by atoms with van der Waals surface area (Å²) in [5.74, 6) is 0. The monoisotopic (exact) mass is 249 g/mol. The SMILES string of the molecule is C=C/C=C\C(=C(/C)CN)c1ccc(C)s1.CC. The second-order valence-corrected chi connectivity index (χ2v) is 4.69. The van der Waals surface area contributed by atoms with Gasteiger partial charge >= 0.3 is 0 Å². The summed E-state index contributed by atoms with van der Waals surface area (Å²) < 4.78 is 0. The molecule has 0 spiro atoms. The number of hydrogen-bond acceptors (Lipinski definition) is 2. The Morgan fingerprint density at radius 2 is 2.06 bits per heavy atom. The van der Waals surface area contributed by atoms with Gasteiger partial charge in [0.25, 0.3) is 0 Å². The molecule has 0 bridgehead atoms. The van der Waals surface area contributed by atoms with E-state index in [0.717, 1.165) is 0 Å². The van der Waals surface area contributed by atoms with Gasteiger partial charge in [0.2, 0.25) is 0 Å². The minimum absolute atomic E-state index is 0.591. The average Bonchev–Trinajstić information content (AvgIpc) is 2.78. The summed E-state index contributed by atoms with van der Waals surface area (Å²) in [6.45, 7) is 12.4. The van der Waals surface area contributed by atoms with Gasteiger partial charge in [-0.3, -0.25) is 0 Å². The van der Waals surface area contributed by atoms with Crippen LogP contribution >= 0.6 is 11.3 Å². The molecule has 0 aromatic carbocycles. The largest absolute Gasteiger partial charge is 0.327 e. The van der Waals surface area contributed by atoms with Gasteiger partial charge in [-0.05, 0) is 31.6 Å². The van der Waals surface area contributed by atoms with Crippen LogP contribution in [0.1, 0.15) is 30.5 Å². The molecule has 1 nitrogen and oxygen atoms in total. The van der Waals surface area contributed by atoms with Crippen LogP contribution in [0, 0.1) is 6.92 Å². The molecule has 1 rings (SSSR count). The van der Waals surface area contributed by atoms with Gasteiger partial charge in [-0.2, -0.15) is 0 Å². The number of hydrogen-bond donors (Lipinski definition) is 1. The first-order chi connectivity index (χ1) is 8.19. The number of thiophene rings is 1. The van der Waals surface area contributed by atoms with Crippen molar-refractivity contribution < 1.29 is 0 Å². The van der Waals surface area contributed by atoms with Crippen LogP contribution in [0.3, 0.4) is 0 Å². The van der Waals surface area contributed by atoms with Crippen LogP contribution in [0.5, 0.6) is 0 Å². The third-order valence-corrected chi connectivity index (χ3v) is 3.20. The van der Waals surface area contributed by atoms with Gasteiger partial charge in [0.15, 0.2) is 0 Å². The lowest BCUT2D eigenvalue weighted by molar-refractivity contribution is 1.15. The molecular weight excluding hydrogens is 226 g/mol. The summed E-state index contributed by atoms with van der Waals surface area (Å²) in [5, 5.41) is 0. The molecule has 0 amide bonds. The lowest BCUT2D eigenvalue weighted by Gasteiger charge is -2.03. The molecule has 0 saturated carbocycles. The molecule has 0 atom stereocenters. The number of allylic oxidation sites excluding steroid dienone is 4. The van der Waals surface area contributed by atoms with Gasteiger partial charge in [-0.15, -0.1) is 11.3 Å². The quantitative estimate of drug-likeness (QED) is 0.778. The molecule has 2 heteroatoms. The van der Waals surface area contributed by atoms with Crippen molar-refractivity contribution in [3.8, 4) is 0 Å². The minimum atomic E-state index is 0.591. The van der Waals surface area contributed by atoms with Crippen LogP contribution in [0.25, 0.3) is 5.57 Å². The van der Waals surface area contributed by atoms with E-state index in [1.54, 1.807) is 17.4 Å². The first-order valence-corrected chi connectivity index (χ1v) is 6.76. The highest BCUT2D eigenvalue weighted by Gasteiger charge is 2.03. The van der Waals surface area contributed by atoms with Crippen molar-refractivity contribution in [3.05, 3.63) is 52.3 Å². The van der Waals surface area contributed by atoms with Gasteiger partial charge in [-0.25, -0.2) is 0 Å². The van der Waals surface area contributed by atoms with E-state index in [-0.39, 0.29) is 0 Å². The van der Waals surface area contributed by atoms with E-state index in [2.05, 4.69) is 38.6 Å². The zero-order valence-electron chi connectivity index (χ0n) is 11.3. The zero-order valence-corrected chi connectivity index (χ0v) is 12.1. The molecule has 1 heterocycles. The molecule has 1 aromatic heterocycles. The van der Waals surface area contributed by atoms with E-state index in [0.29, 0.717) is 6.54 Å². The third kappa shape index (κ3) is 5.16. The predicted octanol–water partition coefficient (Wildman–Crippen LogP) is 4.56. The Hall–Kier alpha value is -1.12. The second-order valence-electron chi connectivity index (χ2n) is 3.40. The second kappa shape index (κ2) is 8.97. The first-order valence-electron chi connectivity index (χ1n) is 5.94. The predicted molar refractivity (Wildman–Crippen MR) is 81.4 cm³/mol. The van der Waals surface area contributed by atoms with Crippen LogP contribution in [-0.4, -0.2) is 6.54 Å². The highest BCUT2D eigenvalue weighted by Crippen LogP contribution is 2.27. The van der Waals surface area contributed by atoms with E-state index < -0.39 is 0 Å². The molecule has 0 radical (unpaired) electrons. The average molecular weight is 249 g/mol. The van der Waals surface area contributed by atoms with Crippen LogP contribution in [0.4, 0.5) is 0 Å².